The average Bonchev–Trinajstić information content (AvgIpc) is 3.39. The predicted octanol–water partition coefficient (Wildman–Crippen LogP) is 8.24. The number of hydrogen-bond acceptors (Lipinski definition) is 12. The Labute approximate surface area is 392 Å². The second-order valence-corrected chi connectivity index (χ2v) is 16.4. The molecule has 8 rings (SSSR count). The molecule has 1 N–H and O–H groups in total. The first-order chi connectivity index (χ1) is 33.1. The van der Waals surface area contributed by atoms with Crippen LogP contribution in [0.2, 0.25) is 0 Å². The molecule has 67 heavy (non-hydrogen) atoms. The van der Waals surface area contributed by atoms with E-state index in [1.807, 2.05) is 158 Å². The first-order valence-electron chi connectivity index (χ1n) is 22.7. The van der Waals surface area contributed by atoms with Crippen LogP contribution in [0.4, 0.5) is 0 Å². The second-order valence-electron chi connectivity index (χ2n) is 16.4. The Bertz CT molecular complexity index is 2310. The third kappa shape index (κ3) is 13.3. The van der Waals surface area contributed by atoms with Gasteiger partial charge >= 0.3 is 5.97 Å². The summed E-state index contributed by atoms with van der Waals surface area (Å²) in [4.78, 5) is 14.0. The van der Waals surface area contributed by atoms with Crippen LogP contribution in [0.15, 0.2) is 182 Å². The van der Waals surface area contributed by atoms with Crippen molar-refractivity contribution in [3.05, 3.63) is 215 Å². The van der Waals surface area contributed by atoms with Crippen molar-refractivity contribution >= 4 is 5.97 Å². The van der Waals surface area contributed by atoms with Gasteiger partial charge in [0.05, 0.1) is 51.8 Å². The third-order valence-electron chi connectivity index (χ3n) is 11.7. The molecule has 0 bridgehead atoms. The van der Waals surface area contributed by atoms with Crippen LogP contribution in [0.5, 0.6) is 0 Å². The average molecular weight is 911 g/mol. The van der Waals surface area contributed by atoms with Gasteiger partial charge in [0.15, 0.2) is 18.7 Å². The van der Waals surface area contributed by atoms with Crippen LogP contribution in [0.1, 0.15) is 38.2 Å². The predicted molar refractivity (Wildman–Crippen MR) is 248 cm³/mol. The van der Waals surface area contributed by atoms with Gasteiger partial charge < -0.3 is 52.5 Å². The Hall–Kier alpha value is -5.61. The third-order valence-corrected chi connectivity index (χ3v) is 11.7. The van der Waals surface area contributed by atoms with Crippen LogP contribution in [0.25, 0.3) is 0 Å². The van der Waals surface area contributed by atoms with Crippen LogP contribution >= 0.6 is 0 Å². The van der Waals surface area contributed by atoms with Crippen LogP contribution in [-0.2, 0) is 80.4 Å². The summed E-state index contributed by atoms with van der Waals surface area (Å²) >= 11 is 0. The van der Waals surface area contributed by atoms with Crippen LogP contribution in [0.3, 0.4) is 0 Å². The Morgan fingerprint density at radius 1 is 0.418 bits per heavy atom. The molecule has 0 radical (unpaired) electrons. The molecule has 0 aliphatic carbocycles. The van der Waals surface area contributed by atoms with Gasteiger partial charge in [0, 0.05) is 7.11 Å². The van der Waals surface area contributed by atoms with E-state index in [1.165, 1.54) is 0 Å². The highest BCUT2D eigenvalue weighted by atomic mass is 16.8. The molecule has 350 valence electrons. The molecular weight excluding hydrogens is 853 g/mol. The van der Waals surface area contributed by atoms with Crippen molar-refractivity contribution in [2.75, 3.05) is 20.3 Å². The number of carbonyl (C=O) groups excluding carboxylic acids is 1. The van der Waals surface area contributed by atoms with Crippen molar-refractivity contribution in [1.29, 1.82) is 0 Å². The Balaban J connectivity index is 1.12. The van der Waals surface area contributed by atoms with Gasteiger partial charge in [-0.3, -0.25) is 0 Å². The van der Waals surface area contributed by atoms with Gasteiger partial charge in [-0.1, -0.05) is 170 Å². The van der Waals surface area contributed by atoms with Gasteiger partial charge in [-0.05, 0) is 39.9 Å². The monoisotopic (exact) mass is 910 g/mol. The molecule has 2 heterocycles. The zero-order valence-electron chi connectivity index (χ0n) is 37.5. The highest BCUT2D eigenvalue weighted by Gasteiger charge is 2.53. The molecule has 2 aliphatic rings. The summed E-state index contributed by atoms with van der Waals surface area (Å²) in [5, 5.41) is 11.0. The summed E-state index contributed by atoms with van der Waals surface area (Å²) < 4.78 is 66.0. The first kappa shape index (κ1) is 47.9. The number of aliphatic hydroxyl groups excluding tert-OH is 1. The van der Waals surface area contributed by atoms with Crippen molar-refractivity contribution in [3.8, 4) is 0 Å². The van der Waals surface area contributed by atoms with Gasteiger partial charge in [0.1, 0.15) is 42.7 Å². The molecule has 0 spiro atoms. The topological polar surface area (TPSA) is 130 Å². The van der Waals surface area contributed by atoms with E-state index in [1.54, 1.807) is 31.4 Å². The highest BCUT2D eigenvalue weighted by Crippen LogP contribution is 2.35. The number of rotatable bonds is 22. The van der Waals surface area contributed by atoms with E-state index in [0.29, 0.717) is 5.56 Å². The number of hydrogen-bond donors (Lipinski definition) is 1. The molecule has 0 saturated carbocycles. The summed E-state index contributed by atoms with van der Waals surface area (Å²) in [6.07, 6.45) is -9.33. The highest BCUT2D eigenvalue weighted by molar-refractivity contribution is 5.89. The zero-order chi connectivity index (χ0) is 46.0. The Morgan fingerprint density at radius 3 is 1.16 bits per heavy atom. The smallest absolute Gasteiger partial charge is 0.338 e. The number of methoxy groups -OCH3 is 1. The SMILES string of the molecule is CO[C@H]1O[C@H](CO[C@@H]2O[C@H](CO)[C@@H](OCc3ccccc3)[C@H](OCc3ccccc3)[C@H]2OC(=O)c2ccccc2)[C@@H](OCc2ccccc2)[C@H](OCc2ccccc2)[C@H]1OCc1ccccc1. The Kier molecular flexibility index (Phi) is 17.8. The van der Waals surface area contributed by atoms with E-state index in [4.69, 9.17) is 47.4 Å². The fourth-order valence-electron chi connectivity index (χ4n) is 8.23. The Morgan fingerprint density at radius 2 is 0.761 bits per heavy atom. The molecule has 0 unspecified atom stereocenters. The van der Waals surface area contributed by atoms with Gasteiger partial charge in [-0.25, -0.2) is 4.79 Å². The fraction of sp³-hybridized carbons (Fsp3) is 0.327. The number of esters is 1. The lowest BCUT2D eigenvalue weighted by Crippen LogP contribution is -2.64. The van der Waals surface area contributed by atoms with Crippen LogP contribution in [-0.4, -0.2) is 92.8 Å². The van der Waals surface area contributed by atoms with Gasteiger partial charge in [0.2, 0.25) is 0 Å². The molecule has 0 aromatic heterocycles. The lowest BCUT2D eigenvalue weighted by atomic mass is 9.97. The quantitative estimate of drug-likeness (QED) is 0.0659. The maximum atomic E-state index is 14.0. The lowest BCUT2D eigenvalue weighted by Gasteiger charge is -2.47. The van der Waals surface area contributed by atoms with E-state index in [0.717, 1.165) is 27.8 Å². The fourth-order valence-corrected chi connectivity index (χ4v) is 8.23. The van der Waals surface area contributed by atoms with E-state index >= 15 is 0 Å². The molecule has 2 aliphatic heterocycles. The van der Waals surface area contributed by atoms with Crippen LogP contribution in [0, 0.1) is 0 Å². The molecule has 2 saturated heterocycles. The maximum Gasteiger partial charge on any atom is 0.338 e. The first-order valence-corrected chi connectivity index (χ1v) is 22.7. The van der Waals surface area contributed by atoms with E-state index in [9.17, 15) is 9.90 Å². The van der Waals surface area contributed by atoms with Gasteiger partial charge in [-0.2, -0.15) is 0 Å². The molecule has 10 atom stereocenters. The minimum atomic E-state index is -1.28. The van der Waals surface area contributed by atoms with Gasteiger partial charge in [0.25, 0.3) is 0 Å². The minimum Gasteiger partial charge on any atom is -0.450 e. The normalized spacial score (nSPS) is 25.0. The molecule has 12 nitrogen and oxygen atoms in total. The minimum absolute atomic E-state index is 0.141. The zero-order valence-corrected chi connectivity index (χ0v) is 37.5. The molecular formula is C55H58O12. The second kappa shape index (κ2) is 25.0. The molecule has 2 fully saturated rings. The van der Waals surface area contributed by atoms with E-state index in [2.05, 4.69) is 0 Å². The van der Waals surface area contributed by atoms with Crippen molar-refractivity contribution in [1.82, 2.24) is 0 Å². The largest absolute Gasteiger partial charge is 0.450 e. The number of carbonyl (C=O) groups is 1. The maximum absolute atomic E-state index is 14.0. The molecule has 6 aromatic carbocycles. The van der Waals surface area contributed by atoms with Crippen molar-refractivity contribution in [3.63, 3.8) is 0 Å². The summed E-state index contributed by atoms with van der Waals surface area (Å²) in [5.74, 6) is -0.620. The summed E-state index contributed by atoms with van der Waals surface area (Å²) in [6, 6.07) is 57.5. The molecule has 0 amide bonds. The summed E-state index contributed by atoms with van der Waals surface area (Å²) in [7, 11) is 1.56. The number of aliphatic hydroxyl groups is 1. The van der Waals surface area contributed by atoms with Gasteiger partial charge in [-0.15, -0.1) is 0 Å². The van der Waals surface area contributed by atoms with Crippen molar-refractivity contribution in [2.24, 2.45) is 0 Å². The summed E-state index contributed by atoms with van der Waals surface area (Å²) in [6.45, 7) is 0.443. The number of ether oxygens (including phenoxy) is 10. The number of benzene rings is 6. The standard InChI is InChI=1S/C55H58O12/c1-58-54-51(63-37-43-28-16-6-17-29-43)49(61-35-41-24-12-4-13-25-41)48(60-34-40-22-10-3-11-23-40)46(66-54)38-64-55-52(67-53(57)44-30-18-7-19-31-44)50(62-36-42-26-14-5-15-27-42)47(45(32-56)65-55)59-33-39-20-8-2-9-21-39/h2-31,45-52,54-56H,32-38H2,1H3/t45-,46-,47-,48-,49+,50+,51-,52-,54+,55-/m1/s1. The molecule has 6 aromatic rings. The van der Waals surface area contributed by atoms with Crippen LogP contribution < -0.4 is 0 Å². The van der Waals surface area contributed by atoms with E-state index in [-0.39, 0.29) is 39.6 Å². The summed E-state index contributed by atoms with van der Waals surface area (Å²) in [5.41, 5.74) is 4.96. The van der Waals surface area contributed by atoms with Crippen molar-refractivity contribution < 1.29 is 57.3 Å². The van der Waals surface area contributed by atoms with E-state index < -0.39 is 74.0 Å². The van der Waals surface area contributed by atoms with Crippen molar-refractivity contribution in [2.45, 2.75) is 94.4 Å². The molecule has 12 heteroatoms. The lowest BCUT2D eigenvalue weighted by molar-refractivity contribution is -0.345.